The van der Waals surface area contributed by atoms with Crippen LogP contribution < -0.4 is 5.32 Å². The number of aliphatic carboxylic acids is 1. The molecule has 0 aliphatic rings. The molecule has 1 rings (SSSR count). The van der Waals surface area contributed by atoms with E-state index in [1.807, 2.05) is 0 Å². The van der Waals surface area contributed by atoms with Crippen LogP contribution >= 0.6 is 0 Å². The minimum absolute atomic E-state index is 0.149. The van der Waals surface area contributed by atoms with E-state index < -0.39 is 12.1 Å². The molecule has 1 atom stereocenters. The highest BCUT2D eigenvalue weighted by Crippen LogP contribution is 2.05. The maximum Gasteiger partial charge on any atom is 0.306 e. The monoisotopic (exact) mass is 255 g/mol. The third kappa shape index (κ3) is 3.56. The molecule has 1 unspecified atom stereocenters. The average molecular weight is 255 g/mol. The number of carbonyl (C=O) groups is 2. The number of methoxy groups -OCH3 is 1. The van der Waals surface area contributed by atoms with Crippen LogP contribution in [-0.4, -0.2) is 46.5 Å². The van der Waals surface area contributed by atoms with E-state index >= 15 is 0 Å². The van der Waals surface area contributed by atoms with Gasteiger partial charge < -0.3 is 15.2 Å². The summed E-state index contributed by atoms with van der Waals surface area (Å²) in [4.78, 5) is 22.4. The number of carbonyl (C=O) groups excluding carboxylic acids is 1. The van der Waals surface area contributed by atoms with Gasteiger partial charge in [-0.1, -0.05) is 0 Å². The van der Waals surface area contributed by atoms with Crippen LogP contribution in [0.3, 0.4) is 0 Å². The van der Waals surface area contributed by atoms with E-state index in [9.17, 15) is 9.59 Å². The molecule has 7 heteroatoms. The number of nitrogens with zero attached hydrogens (tertiary/aromatic N) is 2. The summed E-state index contributed by atoms with van der Waals surface area (Å²) in [6.45, 7) is 1.93. The van der Waals surface area contributed by atoms with Crippen LogP contribution in [0.25, 0.3) is 0 Å². The van der Waals surface area contributed by atoms with E-state index in [1.54, 1.807) is 18.7 Å². The Balaban J connectivity index is 2.55. The quantitative estimate of drug-likeness (QED) is 0.743. The van der Waals surface area contributed by atoms with Gasteiger partial charge in [-0.25, -0.2) is 0 Å². The van der Waals surface area contributed by atoms with E-state index in [0.29, 0.717) is 5.56 Å². The van der Waals surface area contributed by atoms with Gasteiger partial charge in [0, 0.05) is 26.4 Å². The van der Waals surface area contributed by atoms with Crippen molar-refractivity contribution in [1.29, 1.82) is 0 Å². The van der Waals surface area contributed by atoms with Gasteiger partial charge in [0.15, 0.2) is 0 Å². The highest BCUT2D eigenvalue weighted by molar-refractivity contribution is 5.95. The topological polar surface area (TPSA) is 93.5 Å². The van der Waals surface area contributed by atoms with Crippen molar-refractivity contribution in [3.63, 3.8) is 0 Å². The number of amides is 1. The molecule has 1 aromatic rings. The lowest BCUT2D eigenvalue weighted by atomic mass is 10.2. The van der Waals surface area contributed by atoms with Gasteiger partial charge in [-0.05, 0) is 6.92 Å². The Morgan fingerprint density at radius 1 is 1.61 bits per heavy atom. The lowest BCUT2D eigenvalue weighted by Crippen LogP contribution is -2.34. The minimum atomic E-state index is -0.964. The number of hydrogen-bond acceptors (Lipinski definition) is 4. The Bertz CT molecular complexity index is 441. The zero-order valence-electron chi connectivity index (χ0n) is 10.6. The first-order valence-corrected chi connectivity index (χ1v) is 5.47. The van der Waals surface area contributed by atoms with Crippen LogP contribution in [0.5, 0.6) is 0 Å². The number of carboxylic acids is 1. The molecule has 100 valence electrons. The summed E-state index contributed by atoms with van der Waals surface area (Å²) >= 11 is 0. The Labute approximate surface area is 105 Å². The molecule has 18 heavy (non-hydrogen) atoms. The highest BCUT2D eigenvalue weighted by Gasteiger charge is 2.16. The van der Waals surface area contributed by atoms with Gasteiger partial charge in [0.25, 0.3) is 5.91 Å². The van der Waals surface area contributed by atoms with E-state index in [1.165, 1.54) is 13.3 Å². The Kier molecular flexibility index (Phi) is 4.85. The number of nitrogens with one attached hydrogen (secondary N) is 1. The molecule has 0 saturated carbocycles. The van der Waals surface area contributed by atoms with Crippen LogP contribution in [0.2, 0.25) is 0 Å². The average Bonchev–Trinajstić information content (AvgIpc) is 2.64. The number of aryl methyl sites for hydroxylation is 1. The lowest BCUT2D eigenvalue weighted by molar-refractivity contribution is -0.139. The fraction of sp³-hybridized carbons (Fsp3) is 0.545. The smallest absolute Gasteiger partial charge is 0.306 e. The maximum atomic E-state index is 11.8. The molecule has 1 amide bonds. The molecule has 0 radical (unpaired) electrons. The van der Waals surface area contributed by atoms with Gasteiger partial charge >= 0.3 is 5.97 Å². The van der Waals surface area contributed by atoms with Crippen molar-refractivity contribution in [1.82, 2.24) is 15.1 Å². The third-order valence-corrected chi connectivity index (χ3v) is 2.71. The van der Waals surface area contributed by atoms with Gasteiger partial charge in [0.2, 0.25) is 0 Å². The van der Waals surface area contributed by atoms with Crippen LogP contribution in [-0.2, 0) is 16.6 Å². The van der Waals surface area contributed by atoms with E-state index in [2.05, 4.69) is 10.4 Å². The number of ether oxygens (including phenoxy) is 1. The zero-order chi connectivity index (χ0) is 13.7. The lowest BCUT2D eigenvalue weighted by Gasteiger charge is -2.13. The van der Waals surface area contributed by atoms with Crippen molar-refractivity contribution in [2.45, 2.75) is 19.4 Å². The summed E-state index contributed by atoms with van der Waals surface area (Å²) in [6.07, 6.45) is 0.787. The number of hydrogen-bond donors (Lipinski definition) is 2. The molecule has 0 spiro atoms. The molecular formula is C11H17N3O4. The second kappa shape index (κ2) is 6.15. The molecule has 0 aromatic carbocycles. The number of rotatable bonds is 6. The normalized spacial score (nSPS) is 12.2. The Morgan fingerprint density at radius 2 is 2.28 bits per heavy atom. The van der Waals surface area contributed by atoms with Gasteiger partial charge in [0.1, 0.15) is 0 Å². The van der Waals surface area contributed by atoms with Crippen molar-refractivity contribution in [2.75, 3.05) is 13.7 Å². The number of carboxylic acid groups (broad SMARTS) is 1. The molecule has 0 saturated heterocycles. The first-order valence-electron chi connectivity index (χ1n) is 5.47. The Morgan fingerprint density at radius 3 is 2.72 bits per heavy atom. The predicted molar refractivity (Wildman–Crippen MR) is 63.3 cm³/mol. The molecular weight excluding hydrogens is 238 g/mol. The van der Waals surface area contributed by atoms with Crippen LogP contribution in [0.4, 0.5) is 0 Å². The molecule has 7 nitrogen and oxygen atoms in total. The van der Waals surface area contributed by atoms with Gasteiger partial charge in [-0.15, -0.1) is 0 Å². The second-order valence-electron chi connectivity index (χ2n) is 3.93. The van der Waals surface area contributed by atoms with Gasteiger partial charge in [0.05, 0.1) is 24.3 Å². The second-order valence-corrected chi connectivity index (χ2v) is 3.93. The first-order chi connectivity index (χ1) is 8.45. The van der Waals surface area contributed by atoms with Crippen LogP contribution in [0, 0.1) is 6.92 Å². The van der Waals surface area contributed by atoms with Crippen LogP contribution in [0.1, 0.15) is 22.5 Å². The predicted octanol–water partition coefficient (Wildman–Crippen LogP) is -0.0520. The summed E-state index contributed by atoms with van der Waals surface area (Å²) in [5.74, 6) is -1.25. The first kappa shape index (κ1) is 14.2. The van der Waals surface area contributed by atoms with Crippen molar-refractivity contribution in [2.24, 2.45) is 7.05 Å². The van der Waals surface area contributed by atoms with Gasteiger partial charge in [-0.2, -0.15) is 5.10 Å². The largest absolute Gasteiger partial charge is 0.481 e. The molecule has 2 N–H and O–H groups in total. The van der Waals surface area contributed by atoms with Crippen molar-refractivity contribution in [3.8, 4) is 0 Å². The summed E-state index contributed by atoms with van der Waals surface area (Å²) in [5.41, 5.74) is 1.22. The van der Waals surface area contributed by atoms with E-state index in [0.717, 1.165) is 5.69 Å². The van der Waals surface area contributed by atoms with Crippen molar-refractivity contribution >= 4 is 11.9 Å². The molecule has 1 heterocycles. The van der Waals surface area contributed by atoms with Crippen LogP contribution in [0.15, 0.2) is 6.20 Å². The molecule has 1 aromatic heterocycles. The van der Waals surface area contributed by atoms with Gasteiger partial charge in [-0.3, -0.25) is 14.3 Å². The summed E-state index contributed by atoms with van der Waals surface area (Å²) in [6, 6.07) is 0. The van der Waals surface area contributed by atoms with Crippen molar-refractivity contribution < 1.29 is 19.4 Å². The maximum absolute atomic E-state index is 11.8. The fourth-order valence-corrected chi connectivity index (χ4v) is 1.46. The molecule has 0 aliphatic heterocycles. The van der Waals surface area contributed by atoms with Crippen molar-refractivity contribution in [3.05, 3.63) is 17.5 Å². The Hall–Kier alpha value is -1.89. The summed E-state index contributed by atoms with van der Waals surface area (Å²) in [7, 11) is 3.16. The van der Waals surface area contributed by atoms with E-state index in [-0.39, 0.29) is 18.9 Å². The highest BCUT2D eigenvalue weighted by atomic mass is 16.5. The third-order valence-electron chi connectivity index (χ3n) is 2.71. The standard InChI is InChI=1S/C11H17N3O4/c1-7-9(6-13-14(7)2)11(17)12-5-8(18-3)4-10(15)16/h6,8H,4-5H2,1-3H3,(H,12,17)(H,15,16). The number of aromatic nitrogens is 2. The molecule has 0 bridgehead atoms. The van der Waals surface area contributed by atoms with E-state index in [4.69, 9.17) is 9.84 Å². The molecule has 0 aliphatic carbocycles. The SMILES string of the molecule is COC(CNC(=O)c1cnn(C)c1C)CC(=O)O. The summed E-state index contributed by atoms with van der Waals surface area (Å²) in [5, 5.41) is 15.2. The summed E-state index contributed by atoms with van der Waals surface area (Å²) < 4.78 is 6.56. The molecule has 0 fully saturated rings. The zero-order valence-corrected chi connectivity index (χ0v) is 10.6. The fourth-order valence-electron chi connectivity index (χ4n) is 1.46. The minimum Gasteiger partial charge on any atom is -0.481 e.